The average molecular weight is 300 g/mol. The van der Waals surface area contributed by atoms with E-state index in [1.165, 1.54) is 6.42 Å². The molecule has 0 aromatic rings. The zero-order valence-electron chi connectivity index (χ0n) is 13.1. The van der Waals surface area contributed by atoms with Gasteiger partial charge in [-0.1, -0.05) is 25.6 Å². The van der Waals surface area contributed by atoms with Crippen molar-refractivity contribution in [1.82, 2.24) is 5.32 Å². The maximum absolute atomic E-state index is 12.2. The molecule has 0 unspecified atom stereocenters. The molecule has 5 heteroatoms. The number of carbonyl (C=O) groups excluding carboxylic acids is 1. The summed E-state index contributed by atoms with van der Waals surface area (Å²) >= 11 is 5.22. The Kier molecular flexibility index (Phi) is 5.95. The van der Waals surface area contributed by atoms with E-state index in [1.54, 1.807) is 7.11 Å². The summed E-state index contributed by atoms with van der Waals surface area (Å²) in [5, 5.41) is 3.08. The SMILES string of the molecule is CCC1CCC(NC(=O)CC(C)(C)OC)(C(N)=S)CC1. The molecule has 1 saturated carbocycles. The molecule has 0 aliphatic heterocycles. The van der Waals surface area contributed by atoms with Crippen molar-refractivity contribution >= 4 is 23.1 Å². The van der Waals surface area contributed by atoms with Crippen molar-refractivity contribution < 1.29 is 9.53 Å². The van der Waals surface area contributed by atoms with Crippen molar-refractivity contribution in [1.29, 1.82) is 0 Å². The van der Waals surface area contributed by atoms with Gasteiger partial charge in [0, 0.05) is 7.11 Å². The lowest BCUT2D eigenvalue weighted by Gasteiger charge is -2.40. The van der Waals surface area contributed by atoms with Crippen LogP contribution in [0.15, 0.2) is 0 Å². The molecule has 0 saturated heterocycles. The van der Waals surface area contributed by atoms with Gasteiger partial charge < -0.3 is 15.8 Å². The van der Waals surface area contributed by atoms with Crippen molar-refractivity contribution in [2.75, 3.05) is 7.11 Å². The number of nitrogens with two attached hydrogens (primary N) is 1. The molecule has 1 rings (SSSR count). The van der Waals surface area contributed by atoms with Crippen molar-refractivity contribution in [3.63, 3.8) is 0 Å². The first-order valence-electron chi connectivity index (χ1n) is 7.41. The fraction of sp³-hybridized carbons (Fsp3) is 0.867. The van der Waals surface area contributed by atoms with Gasteiger partial charge >= 0.3 is 0 Å². The number of methoxy groups -OCH3 is 1. The lowest BCUT2D eigenvalue weighted by atomic mass is 9.75. The number of carbonyl (C=O) groups is 1. The van der Waals surface area contributed by atoms with Crippen molar-refractivity contribution in [2.45, 2.75) is 70.4 Å². The lowest BCUT2D eigenvalue weighted by molar-refractivity contribution is -0.127. The summed E-state index contributed by atoms with van der Waals surface area (Å²) < 4.78 is 5.30. The molecule has 0 atom stereocenters. The summed E-state index contributed by atoms with van der Waals surface area (Å²) in [6.45, 7) is 6.00. The summed E-state index contributed by atoms with van der Waals surface area (Å²) in [6.07, 6.45) is 5.33. The minimum atomic E-state index is -0.498. The van der Waals surface area contributed by atoms with Crippen molar-refractivity contribution in [3.8, 4) is 0 Å². The summed E-state index contributed by atoms with van der Waals surface area (Å²) in [7, 11) is 1.61. The zero-order valence-corrected chi connectivity index (χ0v) is 13.9. The molecular weight excluding hydrogens is 272 g/mol. The van der Waals surface area contributed by atoms with Crippen LogP contribution in [0, 0.1) is 5.92 Å². The second-order valence-corrected chi connectivity index (χ2v) is 6.93. The maximum atomic E-state index is 12.2. The van der Waals surface area contributed by atoms with Crippen LogP contribution in [-0.2, 0) is 9.53 Å². The standard InChI is InChI=1S/C15H28N2O2S/c1-5-11-6-8-15(9-7-11,13(16)20)17-12(18)10-14(2,3)19-4/h11H,5-10H2,1-4H3,(H2,16,20)(H,17,18). The van der Waals surface area contributed by atoms with E-state index in [4.69, 9.17) is 22.7 Å². The number of ether oxygens (including phenoxy) is 1. The van der Waals surface area contributed by atoms with Crippen LogP contribution in [0.2, 0.25) is 0 Å². The van der Waals surface area contributed by atoms with Gasteiger partial charge in [0.15, 0.2) is 0 Å². The van der Waals surface area contributed by atoms with E-state index in [1.807, 2.05) is 13.8 Å². The number of thiocarbonyl (C=S) groups is 1. The minimum Gasteiger partial charge on any atom is -0.391 e. The van der Waals surface area contributed by atoms with Gasteiger partial charge in [0.25, 0.3) is 0 Å². The monoisotopic (exact) mass is 300 g/mol. The van der Waals surface area contributed by atoms with Crippen LogP contribution < -0.4 is 11.1 Å². The van der Waals surface area contributed by atoms with Crippen LogP contribution in [0.25, 0.3) is 0 Å². The third-order valence-corrected chi connectivity index (χ3v) is 4.92. The molecule has 0 radical (unpaired) electrons. The van der Waals surface area contributed by atoms with Crippen LogP contribution >= 0.6 is 12.2 Å². The lowest BCUT2D eigenvalue weighted by Crippen LogP contribution is -2.59. The Balaban J connectivity index is 2.69. The van der Waals surface area contributed by atoms with E-state index in [-0.39, 0.29) is 5.91 Å². The zero-order chi connectivity index (χ0) is 15.4. The van der Waals surface area contributed by atoms with Gasteiger partial charge in [-0.05, 0) is 45.4 Å². The molecule has 1 fully saturated rings. The maximum Gasteiger partial charge on any atom is 0.223 e. The molecule has 0 aromatic heterocycles. The average Bonchev–Trinajstić information content (AvgIpc) is 2.38. The number of nitrogens with one attached hydrogen (secondary N) is 1. The van der Waals surface area contributed by atoms with Gasteiger partial charge in [0.05, 0.1) is 22.5 Å². The van der Waals surface area contributed by atoms with Crippen LogP contribution in [0.3, 0.4) is 0 Å². The van der Waals surface area contributed by atoms with Crippen molar-refractivity contribution in [2.24, 2.45) is 11.7 Å². The second-order valence-electron chi connectivity index (χ2n) is 6.49. The predicted octanol–water partition coefficient (Wildman–Crippen LogP) is 2.54. The Morgan fingerprint density at radius 2 is 2.00 bits per heavy atom. The third kappa shape index (κ3) is 4.42. The number of hydrogen-bond acceptors (Lipinski definition) is 3. The van der Waals surface area contributed by atoms with E-state index in [0.717, 1.165) is 31.6 Å². The Hall–Kier alpha value is -0.680. The molecule has 20 heavy (non-hydrogen) atoms. The highest BCUT2D eigenvalue weighted by Crippen LogP contribution is 2.34. The smallest absolute Gasteiger partial charge is 0.223 e. The molecule has 116 valence electrons. The predicted molar refractivity (Wildman–Crippen MR) is 85.6 cm³/mol. The van der Waals surface area contributed by atoms with Crippen LogP contribution in [-0.4, -0.2) is 29.1 Å². The summed E-state index contributed by atoms with van der Waals surface area (Å²) in [6, 6.07) is 0. The largest absolute Gasteiger partial charge is 0.391 e. The van der Waals surface area contributed by atoms with Crippen LogP contribution in [0.4, 0.5) is 0 Å². The van der Waals surface area contributed by atoms with Gasteiger partial charge in [0.1, 0.15) is 0 Å². The molecule has 1 amide bonds. The highest BCUT2D eigenvalue weighted by molar-refractivity contribution is 7.80. The van der Waals surface area contributed by atoms with Crippen LogP contribution in [0.5, 0.6) is 0 Å². The number of rotatable bonds is 6. The van der Waals surface area contributed by atoms with E-state index in [0.29, 0.717) is 11.4 Å². The Bertz CT molecular complexity index is 361. The van der Waals surface area contributed by atoms with Gasteiger partial charge in [-0.15, -0.1) is 0 Å². The fourth-order valence-electron chi connectivity index (χ4n) is 2.78. The van der Waals surface area contributed by atoms with E-state index >= 15 is 0 Å². The molecule has 3 N–H and O–H groups in total. The first-order valence-corrected chi connectivity index (χ1v) is 7.81. The molecule has 0 aromatic carbocycles. The molecule has 1 aliphatic rings. The van der Waals surface area contributed by atoms with Crippen molar-refractivity contribution in [3.05, 3.63) is 0 Å². The van der Waals surface area contributed by atoms with Gasteiger partial charge in [-0.3, -0.25) is 4.79 Å². The first-order chi connectivity index (χ1) is 9.24. The van der Waals surface area contributed by atoms with Crippen LogP contribution in [0.1, 0.15) is 59.3 Å². The Morgan fingerprint density at radius 3 is 2.40 bits per heavy atom. The summed E-state index contributed by atoms with van der Waals surface area (Å²) in [5.74, 6) is 0.685. The topological polar surface area (TPSA) is 64.3 Å². The Labute approximate surface area is 127 Å². The quantitative estimate of drug-likeness (QED) is 0.740. The summed E-state index contributed by atoms with van der Waals surface area (Å²) in [5.41, 5.74) is 4.95. The summed E-state index contributed by atoms with van der Waals surface area (Å²) in [4.78, 5) is 12.7. The van der Waals surface area contributed by atoms with E-state index in [9.17, 15) is 4.79 Å². The number of hydrogen-bond donors (Lipinski definition) is 2. The molecule has 0 heterocycles. The highest BCUT2D eigenvalue weighted by atomic mass is 32.1. The first kappa shape index (κ1) is 17.4. The fourth-order valence-corrected chi connectivity index (χ4v) is 3.04. The van der Waals surface area contributed by atoms with E-state index < -0.39 is 11.1 Å². The minimum absolute atomic E-state index is 0.0420. The van der Waals surface area contributed by atoms with E-state index in [2.05, 4.69) is 12.2 Å². The molecular formula is C15H28N2O2S. The van der Waals surface area contributed by atoms with Gasteiger partial charge in [-0.2, -0.15) is 0 Å². The third-order valence-electron chi connectivity index (χ3n) is 4.53. The van der Waals surface area contributed by atoms with Gasteiger partial charge in [0.2, 0.25) is 5.91 Å². The molecule has 0 spiro atoms. The molecule has 4 nitrogen and oxygen atoms in total. The molecule has 0 bridgehead atoms. The number of amides is 1. The Morgan fingerprint density at radius 1 is 1.45 bits per heavy atom. The highest BCUT2D eigenvalue weighted by Gasteiger charge is 2.39. The van der Waals surface area contributed by atoms with Gasteiger partial charge in [-0.25, -0.2) is 0 Å². The molecule has 1 aliphatic carbocycles. The normalized spacial score (nSPS) is 27.1. The second kappa shape index (κ2) is 6.85.